The van der Waals surface area contributed by atoms with Gasteiger partial charge in [-0.2, -0.15) is 0 Å². The molecular formula is C12H21N3O. The molecule has 1 aliphatic rings. The van der Waals surface area contributed by atoms with Gasteiger partial charge in [-0.15, -0.1) is 0 Å². The van der Waals surface area contributed by atoms with Crippen LogP contribution in [0.4, 0.5) is 0 Å². The summed E-state index contributed by atoms with van der Waals surface area (Å²) < 4.78 is 7.78. The van der Waals surface area contributed by atoms with E-state index in [0.29, 0.717) is 12.1 Å². The largest absolute Gasteiger partial charge is 0.379 e. The average molecular weight is 223 g/mol. The number of rotatable bonds is 4. The highest BCUT2D eigenvalue weighted by molar-refractivity contribution is 5.00. The molecule has 1 saturated heterocycles. The van der Waals surface area contributed by atoms with Gasteiger partial charge >= 0.3 is 0 Å². The van der Waals surface area contributed by atoms with Gasteiger partial charge in [0.05, 0.1) is 24.7 Å². The van der Waals surface area contributed by atoms with Crippen LogP contribution in [0.25, 0.3) is 0 Å². The van der Waals surface area contributed by atoms with Gasteiger partial charge < -0.3 is 14.6 Å². The molecule has 16 heavy (non-hydrogen) atoms. The lowest BCUT2D eigenvalue weighted by Crippen LogP contribution is -2.26. The number of aromatic nitrogens is 2. The number of nitrogens with one attached hydrogen (secondary N) is 1. The summed E-state index contributed by atoms with van der Waals surface area (Å²) in [5.41, 5.74) is 1.25. The Morgan fingerprint density at radius 3 is 3.19 bits per heavy atom. The predicted octanol–water partition coefficient (Wildman–Crippen LogP) is 1.73. The summed E-state index contributed by atoms with van der Waals surface area (Å²) in [5.74, 6) is 0. The van der Waals surface area contributed by atoms with Crippen molar-refractivity contribution in [1.29, 1.82) is 0 Å². The van der Waals surface area contributed by atoms with Gasteiger partial charge in [0.2, 0.25) is 0 Å². The fourth-order valence-electron chi connectivity index (χ4n) is 2.05. The van der Waals surface area contributed by atoms with E-state index in [1.165, 1.54) is 12.1 Å². The zero-order valence-electron chi connectivity index (χ0n) is 10.1. The van der Waals surface area contributed by atoms with Crippen molar-refractivity contribution in [3.63, 3.8) is 0 Å². The topological polar surface area (TPSA) is 39.1 Å². The number of imidazole rings is 1. The molecule has 4 heteroatoms. The molecule has 1 aromatic rings. The van der Waals surface area contributed by atoms with Crippen LogP contribution in [0.2, 0.25) is 0 Å². The van der Waals surface area contributed by atoms with E-state index in [0.717, 1.165) is 26.2 Å². The molecule has 0 bridgehead atoms. The molecule has 0 amide bonds. The normalized spacial score (nSPS) is 21.6. The third-order valence-corrected chi connectivity index (χ3v) is 2.97. The first-order valence-corrected chi connectivity index (χ1v) is 6.09. The van der Waals surface area contributed by atoms with Crippen LogP contribution in [0.5, 0.6) is 0 Å². The summed E-state index contributed by atoms with van der Waals surface area (Å²) in [6.45, 7) is 6.93. The Labute approximate surface area is 97.0 Å². The van der Waals surface area contributed by atoms with Crippen molar-refractivity contribution in [2.75, 3.05) is 13.2 Å². The molecule has 2 heterocycles. The van der Waals surface area contributed by atoms with Crippen molar-refractivity contribution in [2.24, 2.45) is 0 Å². The lowest BCUT2D eigenvalue weighted by atomic mass is 10.1. The van der Waals surface area contributed by atoms with Crippen molar-refractivity contribution >= 4 is 0 Å². The number of hydrogen-bond acceptors (Lipinski definition) is 3. The highest BCUT2D eigenvalue weighted by Gasteiger charge is 2.17. The minimum absolute atomic E-state index is 0.472. The molecule has 1 N–H and O–H groups in total. The Hall–Kier alpha value is -0.870. The van der Waals surface area contributed by atoms with Crippen LogP contribution >= 0.6 is 0 Å². The molecule has 4 nitrogen and oxygen atoms in total. The van der Waals surface area contributed by atoms with Crippen LogP contribution in [0.3, 0.4) is 0 Å². The fraction of sp³-hybridized carbons (Fsp3) is 0.750. The Balaban J connectivity index is 2.00. The van der Waals surface area contributed by atoms with Gasteiger partial charge in [-0.25, -0.2) is 4.98 Å². The molecule has 2 rings (SSSR count). The highest BCUT2D eigenvalue weighted by atomic mass is 16.5. The Bertz CT molecular complexity index is 316. The molecule has 0 aliphatic carbocycles. The zero-order valence-corrected chi connectivity index (χ0v) is 10.1. The summed E-state index contributed by atoms with van der Waals surface area (Å²) in [5, 5.41) is 3.43. The molecule has 0 aromatic carbocycles. The van der Waals surface area contributed by atoms with E-state index in [2.05, 4.69) is 28.7 Å². The van der Waals surface area contributed by atoms with E-state index < -0.39 is 0 Å². The maximum Gasteiger partial charge on any atom is 0.0952 e. The van der Waals surface area contributed by atoms with E-state index in [1.807, 2.05) is 12.5 Å². The first-order chi connectivity index (χ1) is 7.77. The van der Waals surface area contributed by atoms with Crippen LogP contribution in [0, 0.1) is 0 Å². The first kappa shape index (κ1) is 11.6. The monoisotopic (exact) mass is 223 g/mol. The van der Waals surface area contributed by atoms with Gasteiger partial charge in [0.25, 0.3) is 0 Å². The molecule has 0 saturated carbocycles. The van der Waals surface area contributed by atoms with Gasteiger partial charge in [-0.1, -0.05) is 13.8 Å². The van der Waals surface area contributed by atoms with Crippen LogP contribution in [0.1, 0.15) is 38.4 Å². The van der Waals surface area contributed by atoms with Crippen molar-refractivity contribution in [3.05, 3.63) is 18.2 Å². The Morgan fingerprint density at radius 1 is 1.62 bits per heavy atom. The molecule has 0 spiro atoms. The SMILES string of the molecule is CC(C)NCc1cncn1C1CCCOC1. The first-order valence-electron chi connectivity index (χ1n) is 6.09. The maximum absolute atomic E-state index is 5.52. The minimum atomic E-state index is 0.472. The van der Waals surface area contributed by atoms with Crippen LogP contribution in [-0.4, -0.2) is 28.8 Å². The third kappa shape index (κ3) is 2.83. The van der Waals surface area contributed by atoms with E-state index in [-0.39, 0.29) is 0 Å². The molecule has 90 valence electrons. The van der Waals surface area contributed by atoms with Crippen LogP contribution < -0.4 is 5.32 Å². The molecule has 1 fully saturated rings. The number of hydrogen-bond donors (Lipinski definition) is 1. The summed E-state index contributed by atoms with van der Waals surface area (Å²) in [4.78, 5) is 4.24. The summed E-state index contributed by atoms with van der Waals surface area (Å²) in [7, 11) is 0. The lowest BCUT2D eigenvalue weighted by Gasteiger charge is -2.25. The minimum Gasteiger partial charge on any atom is -0.379 e. The second-order valence-corrected chi connectivity index (χ2v) is 4.70. The van der Waals surface area contributed by atoms with E-state index in [4.69, 9.17) is 4.74 Å². The number of ether oxygens (including phenoxy) is 1. The summed E-state index contributed by atoms with van der Waals surface area (Å²) >= 11 is 0. The molecule has 1 unspecified atom stereocenters. The molecule has 1 aromatic heterocycles. The Kier molecular flexibility index (Phi) is 3.96. The van der Waals surface area contributed by atoms with Gasteiger partial charge in [-0.05, 0) is 12.8 Å². The predicted molar refractivity (Wildman–Crippen MR) is 63.3 cm³/mol. The van der Waals surface area contributed by atoms with E-state index in [9.17, 15) is 0 Å². The molecule has 1 atom stereocenters. The number of nitrogens with zero attached hydrogens (tertiary/aromatic N) is 2. The van der Waals surface area contributed by atoms with Crippen molar-refractivity contribution in [3.8, 4) is 0 Å². The third-order valence-electron chi connectivity index (χ3n) is 2.97. The van der Waals surface area contributed by atoms with Gasteiger partial charge in [0.15, 0.2) is 0 Å². The second kappa shape index (κ2) is 5.46. The quantitative estimate of drug-likeness (QED) is 0.845. The van der Waals surface area contributed by atoms with Crippen molar-refractivity contribution < 1.29 is 4.74 Å². The smallest absolute Gasteiger partial charge is 0.0952 e. The standard InChI is InChI=1S/C12H21N3O/c1-10(2)14-7-12-6-13-9-15(12)11-4-3-5-16-8-11/h6,9-11,14H,3-5,7-8H2,1-2H3. The van der Waals surface area contributed by atoms with Crippen LogP contribution in [0.15, 0.2) is 12.5 Å². The molecular weight excluding hydrogens is 202 g/mol. The highest BCUT2D eigenvalue weighted by Crippen LogP contribution is 2.20. The molecule has 0 radical (unpaired) electrons. The Morgan fingerprint density at radius 2 is 2.50 bits per heavy atom. The molecule has 1 aliphatic heterocycles. The van der Waals surface area contributed by atoms with Gasteiger partial charge in [-0.3, -0.25) is 0 Å². The summed E-state index contributed by atoms with van der Waals surface area (Å²) in [6, 6.07) is 0.978. The summed E-state index contributed by atoms with van der Waals surface area (Å²) in [6.07, 6.45) is 6.23. The second-order valence-electron chi connectivity index (χ2n) is 4.70. The van der Waals surface area contributed by atoms with E-state index >= 15 is 0 Å². The fourth-order valence-corrected chi connectivity index (χ4v) is 2.05. The maximum atomic E-state index is 5.52. The zero-order chi connectivity index (χ0) is 11.4. The van der Waals surface area contributed by atoms with Gasteiger partial charge in [0, 0.05) is 25.4 Å². The lowest BCUT2D eigenvalue weighted by molar-refractivity contribution is 0.0581. The average Bonchev–Trinajstić information content (AvgIpc) is 2.75. The van der Waals surface area contributed by atoms with Gasteiger partial charge in [0.1, 0.15) is 0 Å². The van der Waals surface area contributed by atoms with Crippen LogP contribution in [-0.2, 0) is 11.3 Å². The van der Waals surface area contributed by atoms with Crippen molar-refractivity contribution in [1.82, 2.24) is 14.9 Å². The van der Waals surface area contributed by atoms with Crippen molar-refractivity contribution in [2.45, 2.75) is 45.3 Å². The van der Waals surface area contributed by atoms with E-state index in [1.54, 1.807) is 0 Å².